The first kappa shape index (κ1) is 11.9. The van der Waals surface area contributed by atoms with Crippen molar-refractivity contribution in [3.05, 3.63) is 17.7 Å². The van der Waals surface area contributed by atoms with Crippen molar-refractivity contribution in [1.82, 2.24) is 19.3 Å². The van der Waals surface area contributed by atoms with Crippen molar-refractivity contribution in [2.45, 2.75) is 35.0 Å². The summed E-state index contributed by atoms with van der Waals surface area (Å²) in [6, 6.07) is 1.95. The summed E-state index contributed by atoms with van der Waals surface area (Å²) in [5.74, 6) is 3.18. The number of rotatable bonds is 4. The highest BCUT2D eigenvalue weighted by Crippen LogP contribution is 2.39. The fraction of sp³-hybridized carbons (Fsp3) is 0.455. The van der Waals surface area contributed by atoms with E-state index < -0.39 is 0 Å². The van der Waals surface area contributed by atoms with E-state index in [1.807, 2.05) is 20.0 Å². The van der Waals surface area contributed by atoms with Gasteiger partial charge in [0.25, 0.3) is 0 Å². The maximum Gasteiger partial charge on any atom is 0.176 e. The van der Waals surface area contributed by atoms with Crippen molar-refractivity contribution >= 4 is 29.1 Å². The molecule has 1 fully saturated rings. The highest BCUT2D eigenvalue weighted by Gasteiger charge is 2.27. The molecule has 0 spiro atoms. The molecule has 7 heteroatoms. The van der Waals surface area contributed by atoms with Crippen LogP contribution in [0.15, 0.2) is 15.4 Å². The molecule has 1 saturated carbocycles. The average molecular weight is 279 g/mol. The van der Waals surface area contributed by atoms with Crippen LogP contribution in [0.4, 0.5) is 5.82 Å². The molecule has 94 valence electrons. The van der Waals surface area contributed by atoms with Crippen molar-refractivity contribution in [3.63, 3.8) is 0 Å². The summed E-state index contributed by atoms with van der Waals surface area (Å²) in [5.41, 5.74) is 0. The minimum Gasteiger partial charge on any atom is -0.373 e. The van der Waals surface area contributed by atoms with Crippen LogP contribution in [0.1, 0.15) is 30.4 Å². The first-order valence-corrected chi connectivity index (χ1v) is 7.38. The largest absolute Gasteiger partial charge is 0.373 e. The Kier molecular flexibility index (Phi) is 3.17. The molecule has 1 aliphatic rings. The summed E-state index contributed by atoms with van der Waals surface area (Å²) < 4.78 is 5.10. The summed E-state index contributed by atoms with van der Waals surface area (Å²) >= 11 is 2.96. The monoisotopic (exact) mass is 279 g/mol. The second-order valence-corrected chi connectivity index (χ2v) is 6.20. The number of anilines is 1. The van der Waals surface area contributed by atoms with Crippen LogP contribution >= 0.6 is 23.3 Å². The number of nitrogens with one attached hydrogen (secondary N) is 1. The number of hydrogen-bond acceptors (Lipinski definition) is 7. The lowest BCUT2D eigenvalue weighted by atomic mass is 10.4. The first-order valence-electron chi connectivity index (χ1n) is 5.79. The molecular weight excluding hydrogens is 266 g/mol. The van der Waals surface area contributed by atoms with Gasteiger partial charge in [0.05, 0.1) is 0 Å². The van der Waals surface area contributed by atoms with Crippen molar-refractivity contribution in [3.8, 4) is 0 Å². The zero-order valence-corrected chi connectivity index (χ0v) is 11.8. The third kappa shape index (κ3) is 2.62. The third-order valence-electron chi connectivity index (χ3n) is 2.62. The van der Waals surface area contributed by atoms with Crippen LogP contribution < -0.4 is 5.32 Å². The highest BCUT2D eigenvalue weighted by atomic mass is 32.2. The number of nitrogens with zero attached hydrogens (tertiary/aromatic N) is 4. The molecule has 1 aliphatic carbocycles. The maximum atomic E-state index is 4.60. The lowest BCUT2D eigenvalue weighted by Gasteiger charge is -2.05. The van der Waals surface area contributed by atoms with Gasteiger partial charge in [0.2, 0.25) is 0 Å². The van der Waals surface area contributed by atoms with E-state index in [-0.39, 0.29) is 0 Å². The van der Waals surface area contributed by atoms with E-state index in [1.54, 1.807) is 11.8 Å². The Labute approximate surface area is 114 Å². The van der Waals surface area contributed by atoms with Crippen LogP contribution in [0, 0.1) is 6.92 Å². The number of aromatic nitrogens is 4. The molecule has 0 aromatic carbocycles. The van der Waals surface area contributed by atoms with Gasteiger partial charge in [-0.3, -0.25) is 0 Å². The van der Waals surface area contributed by atoms with Gasteiger partial charge in [-0.25, -0.2) is 15.0 Å². The highest BCUT2D eigenvalue weighted by molar-refractivity contribution is 8.00. The quantitative estimate of drug-likeness (QED) is 0.868. The maximum absolute atomic E-state index is 4.60. The van der Waals surface area contributed by atoms with Gasteiger partial charge in [-0.1, -0.05) is 0 Å². The Morgan fingerprint density at radius 3 is 2.78 bits per heavy atom. The summed E-state index contributed by atoms with van der Waals surface area (Å²) in [6.45, 7) is 1.90. The zero-order chi connectivity index (χ0) is 12.5. The molecule has 1 N–H and O–H groups in total. The van der Waals surface area contributed by atoms with E-state index in [1.165, 1.54) is 24.4 Å². The van der Waals surface area contributed by atoms with Crippen molar-refractivity contribution in [2.75, 3.05) is 12.4 Å². The normalized spacial score (nSPS) is 14.8. The zero-order valence-electron chi connectivity index (χ0n) is 10.2. The lowest BCUT2D eigenvalue weighted by Crippen LogP contribution is -2.00. The molecule has 2 aromatic heterocycles. The molecule has 0 unspecified atom stereocenters. The van der Waals surface area contributed by atoms with Crippen LogP contribution in [-0.2, 0) is 0 Å². The molecule has 0 atom stereocenters. The van der Waals surface area contributed by atoms with Gasteiger partial charge in [0.15, 0.2) is 4.34 Å². The molecule has 2 heterocycles. The summed E-state index contributed by atoms with van der Waals surface area (Å²) in [4.78, 5) is 13.4. The predicted molar refractivity (Wildman–Crippen MR) is 72.3 cm³/mol. The Bertz CT molecular complexity index is 564. The lowest BCUT2D eigenvalue weighted by molar-refractivity contribution is 0.880. The van der Waals surface area contributed by atoms with Gasteiger partial charge in [-0.2, -0.15) is 4.37 Å². The number of hydrogen-bond donors (Lipinski definition) is 1. The van der Waals surface area contributed by atoms with E-state index in [0.717, 1.165) is 26.8 Å². The van der Waals surface area contributed by atoms with Crippen LogP contribution in [0.25, 0.3) is 0 Å². The Morgan fingerprint density at radius 1 is 1.33 bits per heavy atom. The Morgan fingerprint density at radius 2 is 2.17 bits per heavy atom. The van der Waals surface area contributed by atoms with Crippen molar-refractivity contribution < 1.29 is 0 Å². The second kappa shape index (κ2) is 4.81. The molecule has 0 amide bonds. The topological polar surface area (TPSA) is 63.6 Å². The molecule has 5 nitrogen and oxygen atoms in total. The smallest absolute Gasteiger partial charge is 0.176 e. The van der Waals surface area contributed by atoms with Gasteiger partial charge >= 0.3 is 0 Å². The standard InChI is InChI=1S/C11H13N5S2/c1-6-13-11(18-16-6)17-9-5-8(12-2)14-10(15-9)7-3-4-7/h5,7H,3-4H2,1-2H3,(H,12,14,15). The van der Waals surface area contributed by atoms with Crippen molar-refractivity contribution in [1.29, 1.82) is 0 Å². The SMILES string of the molecule is CNc1cc(Sc2nc(C)ns2)nc(C2CC2)n1. The van der Waals surface area contributed by atoms with Crippen LogP contribution in [-0.4, -0.2) is 26.4 Å². The van der Waals surface area contributed by atoms with E-state index in [4.69, 9.17) is 0 Å². The minimum absolute atomic E-state index is 0.550. The number of aryl methyl sites for hydroxylation is 1. The van der Waals surface area contributed by atoms with Gasteiger partial charge in [0.1, 0.15) is 22.5 Å². The molecular formula is C11H13N5S2. The van der Waals surface area contributed by atoms with Gasteiger partial charge in [0, 0.05) is 19.0 Å². The van der Waals surface area contributed by atoms with Crippen LogP contribution in [0.5, 0.6) is 0 Å². The molecule has 2 aromatic rings. The first-order chi connectivity index (χ1) is 8.74. The fourth-order valence-corrected chi connectivity index (χ4v) is 3.16. The van der Waals surface area contributed by atoms with Gasteiger partial charge in [-0.15, -0.1) is 0 Å². The van der Waals surface area contributed by atoms with E-state index in [0.29, 0.717) is 5.92 Å². The molecule has 0 aliphatic heterocycles. The average Bonchev–Trinajstić information content (AvgIpc) is 3.14. The van der Waals surface area contributed by atoms with E-state index in [2.05, 4.69) is 24.6 Å². The Hall–Kier alpha value is -1.21. The van der Waals surface area contributed by atoms with E-state index in [9.17, 15) is 0 Å². The summed E-state index contributed by atoms with van der Waals surface area (Å²) in [7, 11) is 1.88. The molecule has 0 radical (unpaired) electrons. The summed E-state index contributed by atoms with van der Waals surface area (Å²) in [6.07, 6.45) is 2.41. The summed E-state index contributed by atoms with van der Waals surface area (Å²) in [5, 5.41) is 4.02. The molecule has 18 heavy (non-hydrogen) atoms. The fourth-order valence-electron chi connectivity index (χ4n) is 1.56. The second-order valence-electron chi connectivity index (χ2n) is 4.18. The minimum atomic E-state index is 0.550. The molecule has 0 saturated heterocycles. The third-order valence-corrected chi connectivity index (χ3v) is 4.38. The van der Waals surface area contributed by atoms with Crippen molar-refractivity contribution in [2.24, 2.45) is 0 Å². The Balaban J connectivity index is 1.88. The molecule has 0 bridgehead atoms. The van der Waals surface area contributed by atoms with Crippen LogP contribution in [0.2, 0.25) is 0 Å². The van der Waals surface area contributed by atoms with E-state index >= 15 is 0 Å². The predicted octanol–water partition coefficient (Wildman–Crippen LogP) is 2.71. The van der Waals surface area contributed by atoms with Crippen LogP contribution in [0.3, 0.4) is 0 Å². The van der Waals surface area contributed by atoms with Gasteiger partial charge < -0.3 is 5.32 Å². The van der Waals surface area contributed by atoms with Gasteiger partial charge in [-0.05, 0) is 43.1 Å². The molecule has 3 rings (SSSR count).